The van der Waals surface area contributed by atoms with Crippen LogP contribution in [-0.4, -0.2) is 11.7 Å². The number of alkyl halides is 2. The number of hydrogen-bond acceptors (Lipinski definition) is 2. The Bertz CT molecular complexity index is 303. The minimum absolute atomic E-state index is 0.00694. The SMILES string of the molecule is CC(F)(F)C(=O)c1ccc(Cl)s1. The maximum atomic E-state index is 12.4. The number of ketones is 1. The molecule has 0 aliphatic carbocycles. The molecule has 5 heteroatoms. The zero-order chi connectivity index (χ0) is 9.35. The number of carbonyl (C=O) groups is 1. The van der Waals surface area contributed by atoms with Crippen molar-refractivity contribution in [1.82, 2.24) is 0 Å². The van der Waals surface area contributed by atoms with Gasteiger partial charge in [0, 0.05) is 6.92 Å². The van der Waals surface area contributed by atoms with E-state index in [1.165, 1.54) is 12.1 Å². The van der Waals surface area contributed by atoms with Crippen LogP contribution in [0.2, 0.25) is 4.34 Å². The molecule has 0 saturated carbocycles. The van der Waals surface area contributed by atoms with Gasteiger partial charge in [0.05, 0.1) is 9.21 Å². The molecular weight excluding hydrogens is 206 g/mol. The van der Waals surface area contributed by atoms with Crippen molar-refractivity contribution in [3.63, 3.8) is 0 Å². The molecule has 0 fully saturated rings. The third-order valence-electron chi connectivity index (χ3n) is 1.20. The predicted octanol–water partition coefficient (Wildman–Crippen LogP) is 3.24. The Labute approximate surface area is 77.0 Å². The molecule has 0 saturated heterocycles. The molecule has 0 aliphatic heterocycles. The van der Waals surface area contributed by atoms with Crippen molar-refractivity contribution in [2.75, 3.05) is 0 Å². The fourth-order valence-electron chi connectivity index (χ4n) is 0.653. The van der Waals surface area contributed by atoms with Gasteiger partial charge in [-0.3, -0.25) is 4.79 Å². The summed E-state index contributed by atoms with van der Waals surface area (Å²) in [6.45, 7) is 0.572. The van der Waals surface area contributed by atoms with Crippen LogP contribution in [0.1, 0.15) is 16.6 Å². The molecule has 0 N–H and O–H groups in total. The summed E-state index contributed by atoms with van der Waals surface area (Å²) in [7, 11) is 0. The van der Waals surface area contributed by atoms with E-state index < -0.39 is 11.7 Å². The highest BCUT2D eigenvalue weighted by Crippen LogP contribution is 2.27. The molecule has 1 aromatic heterocycles. The molecule has 1 aromatic rings. The highest BCUT2D eigenvalue weighted by molar-refractivity contribution is 7.18. The summed E-state index contributed by atoms with van der Waals surface area (Å²) in [5.74, 6) is -4.49. The van der Waals surface area contributed by atoms with Gasteiger partial charge in [-0.25, -0.2) is 0 Å². The van der Waals surface area contributed by atoms with E-state index in [1.807, 2.05) is 0 Å². The van der Waals surface area contributed by atoms with Crippen LogP contribution in [-0.2, 0) is 0 Å². The van der Waals surface area contributed by atoms with Crippen LogP contribution >= 0.6 is 22.9 Å². The van der Waals surface area contributed by atoms with Crippen LogP contribution in [0.25, 0.3) is 0 Å². The van der Waals surface area contributed by atoms with Crippen molar-refractivity contribution in [2.24, 2.45) is 0 Å². The van der Waals surface area contributed by atoms with E-state index in [9.17, 15) is 13.6 Å². The average Bonchev–Trinajstić information content (AvgIpc) is 2.32. The van der Waals surface area contributed by atoms with Crippen LogP contribution in [0.3, 0.4) is 0 Å². The van der Waals surface area contributed by atoms with Crippen molar-refractivity contribution in [3.8, 4) is 0 Å². The van der Waals surface area contributed by atoms with Gasteiger partial charge in [0.25, 0.3) is 0 Å². The number of thiophene rings is 1. The number of rotatable bonds is 2. The first kappa shape index (κ1) is 9.61. The third-order valence-corrected chi connectivity index (χ3v) is 2.43. The van der Waals surface area contributed by atoms with Crippen molar-refractivity contribution in [3.05, 3.63) is 21.3 Å². The Balaban J connectivity index is 2.93. The molecule has 0 unspecified atom stereocenters. The first-order valence-electron chi connectivity index (χ1n) is 3.09. The second-order valence-corrected chi connectivity index (χ2v) is 4.04. The maximum Gasteiger partial charge on any atom is 0.307 e. The smallest absolute Gasteiger partial charge is 0.286 e. The van der Waals surface area contributed by atoms with E-state index in [0.29, 0.717) is 11.3 Å². The van der Waals surface area contributed by atoms with E-state index >= 15 is 0 Å². The molecule has 1 heterocycles. The summed E-state index contributed by atoms with van der Waals surface area (Å²) < 4.78 is 25.2. The number of hydrogen-bond donors (Lipinski definition) is 0. The van der Waals surface area contributed by atoms with Crippen molar-refractivity contribution < 1.29 is 13.6 Å². The number of Topliss-reactive ketones (excluding diaryl/α,β-unsaturated/α-hetero) is 1. The molecule has 0 amide bonds. The molecule has 12 heavy (non-hydrogen) atoms. The Kier molecular flexibility index (Phi) is 2.49. The minimum Gasteiger partial charge on any atom is -0.286 e. The Morgan fingerprint density at radius 1 is 1.58 bits per heavy atom. The fourth-order valence-corrected chi connectivity index (χ4v) is 1.72. The van der Waals surface area contributed by atoms with Gasteiger partial charge in [-0.2, -0.15) is 8.78 Å². The summed E-state index contributed by atoms with van der Waals surface area (Å²) >= 11 is 6.33. The quantitative estimate of drug-likeness (QED) is 0.685. The van der Waals surface area contributed by atoms with Crippen LogP contribution in [0, 0.1) is 0 Å². The Morgan fingerprint density at radius 2 is 2.17 bits per heavy atom. The van der Waals surface area contributed by atoms with Gasteiger partial charge in [-0.15, -0.1) is 11.3 Å². The molecule has 0 atom stereocenters. The lowest BCUT2D eigenvalue weighted by atomic mass is 10.2. The van der Waals surface area contributed by atoms with Crippen molar-refractivity contribution in [2.45, 2.75) is 12.8 Å². The highest BCUT2D eigenvalue weighted by Gasteiger charge is 2.33. The molecule has 0 bridgehead atoms. The van der Waals surface area contributed by atoms with E-state index in [4.69, 9.17) is 11.6 Å². The largest absolute Gasteiger partial charge is 0.307 e. The van der Waals surface area contributed by atoms with Crippen molar-refractivity contribution in [1.29, 1.82) is 0 Å². The lowest BCUT2D eigenvalue weighted by Gasteiger charge is -2.05. The van der Waals surface area contributed by atoms with Crippen LogP contribution < -0.4 is 0 Å². The normalized spacial score (nSPS) is 11.7. The van der Waals surface area contributed by atoms with E-state index in [0.717, 1.165) is 11.3 Å². The first-order chi connectivity index (χ1) is 5.41. The monoisotopic (exact) mass is 210 g/mol. The lowest BCUT2D eigenvalue weighted by molar-refractivity contribution is 0.0226. The summed E-state index contributed by atoms with van der Waals surface area (Å²) in [6, 6.07) is 2.72. The second-order valence-electron chi connectivity index (χ2n) is 2.32. The molecule has 1 nitrogen and oxygen atoms in total. The Morgan fingerprint density at radius 3 is 2.50 bits per heavy atom. The lowest BCUT2D eigenvalue weighted by Crippen LogP contribution is -2.23. The zero-order valence-electron chi connectivity index (χ0n) is 6.11. The van der Waals surface area contributed by atoms with Gasteiger partial charge >= 0.3 is 5.92 Å². The second kappa shape index (κ2) is 3.11. The van der Waals surface area contributed by atoms with Crippen molar-refractivity contribution >= 4 is 28.7 Å². The van der Waals surface area contributed by atoms with Gasteiger partial charge in [0.1, 0.15) is 0 Å². The molecular formula is C7H5ClF2OS. The molecule has 66 valence electrons. The van der Waals surface area contributed by atoms with Gasteiger partial charge in [0.2, 0.25) is 5.78 Å². The van der Waals surface area contributed by atoms with Gasteiger partial charge in [-0.05, 0) is 12.1 Å². The summed E-state index contributed by atoms with van der Waals surface area (Å²) in [4.78, 5) is 10.9. The summed E-state index contributed by atoms with van der Waals surface area (Å²) in [5.41, 5.74) is 0. The maximum absolute atomic E-state index is 12.4. The zero-order valence-corrected chi connectivity index (χ0v) is 7.68. The molecule has 1 rings (SSSR count). The predicted molar refractivity (Wildman–Crippen MR) is 44.3 cm³/mol. The fraction of sp³-hybridized carbons (Fsp3) is 0.286. The number of carbonyl (C=O) groups excluding carboxylic acids is 1. The molecule has 0 radical (unpaired) electrons. The van der Waals surface area contributed by atoms with Crippen LogP contribution in [0.4, 0.5) is 8.78 Å². The first-order valence-corrected chi connectivity index (χ1v) is 4.28. The molecule has 0 aromatic carbocycles. The Hall–Kier alpha value is -0.480. The third kappa shape index (κ3) is 2.01. The standard InChI is InChI=1S/C7H5ClF2OS/c1-7(9,10)6(11)4-2-3-5(8)12-4/h2-3H,1H3. The van der Waals surface area contributed by atoms with Crippen LogP contribution in [0.5, 0.6) is 0 Å². The van der Waals surface area contributed by atoms with E-state index in [1.54, 1.807) is 0 Å². The van der Waals surface area contributed by atoms with Gasteiger partial charge < -0.3 is 0 Å². The van der Waals surface area contributed by atoms with Gasteiger partial charge in [0.15, 0.2) is 0 Å². The topological polar surface area (TPSA) is 17.1 Å². The minimum atomic E-state index is -3.31. The molecule has 0 spiro atoms. The molecule has 0 aliphatic rings. The summed E-state index contributed by atoms with van der Waals surface area (Å²) in [6.07, 6.45) is 0. The highest BCUT2D eigenvalue weighted by atomic mass is 35.5. The van der Waals surface area contributed by atoms with E-state index in [-0.39, 0.29) is 4.88 Å². The van der Waals surface area contributed by atoms with E-state index in [2.05, 4.69) is 0 Å². The number of halogens is 3. The summed E-state index contributed by atoms with van der Waals surface area (Å²) in [5, 5.41) is 0. The van der Waals surface area contributed by atoms with Gasteiger partial charge in [-0.1, -0.05) is 11.6 Å². The van der Waals surface area contributed by atoms with Crippen LogP contribution in [0.15, 0.2) is 12.1 Å². The average molecular weight is 211 g/mol.